The minimum atomic E-state index is -4.83. The number of alkyl halides is 3. The van der Waals surface area contributed by atoms with Gasteiger partial charge in [-0.15, -0.1) is 0 Å². The van der Waals surface area contributed by atoms with Crippen LogP contribution in [0.3, 0.4) is 0 Å². The monoisotopic (exact) mass is 588 g/mol. The third kappa shape index (κ3) is 6.59. The standard InChI is InChI=1S/C30H32F4N4O4/c1-35(24-8-11-28(38(40)41)27(18-24)30(32,33)34)23-6-9-26(10-7-23)42-19-29(39)37-14-12-36(13-15-37)25-5-3-20-16-22(31)4-2-21(20)17-25/h2-5,8,11,16-18,23,26H,6-7,9-10,12-15,19H2,1H3/t23-,26-. The van der Waals surface area contributed by atoms with Gasteiger partial charge < -0.3 is 19.4 Å². The van der Waals surface area contributed by atoms with Crippen molar-refractivity contribution in [3.63, 3.8) is 0 Å². The highest BCUT2D eigenvalue weighted by Crippen LogP contribution is 2.39. The molecule has 42 heavy (non-hydrogen) atoms. The molecule has 1 saturated heterocycles. The molecule has 0 atom stereocenters. The Balaban J connectivity index is 1.08. The molecule has 0 aromatic heterocycles. The molecule has 1 aliphatic heterocycles. The summed E-state index contributed by atoms with van der Waals surface area (Å²) in [6.45, 7) is 2.46. The van der Waals surface area contributed by atoms with E-state index < -0.39 is 22.4 Å². The molecular formula is C30H32F4N4O4. The first-order chi connectivity index (χ1) is 20.0. The maximum Gasteiger partial charge on any atom is 0.423 e. The summed E-state index contributed by atoms with van der Waals surface area (Å²) in [4.78, 5) is 28.6. The summed E-state index contributed by atoms with van der Waals surface area (Å²) in [5, 5.41) is 12.9. The summed E-state index contributed by atoms with van der Waals surface area (Å²) in [5.74, 6) is -0.344. The zero-order chi connectivity index (χ0) is 30.0. The predicted molar refractivity (Wildman–Crippen MR) is 151 cm³/mol. The maximum atomic E-state index is 13.5. The van der Waals surface area contributed by atoms with Crippen molar-refractivity contribution in [2.24, 2.45) is 0 Å². The zero-order valence-electron chi connectivity index (χ0n) is 23.1. The van der Waals surface area contributed by atoms with Gasteiger partial charge in [-0.1, -0.05) is 12.1 Å². The van der Waals surface area contributed by atoms with Crippen molar-refractivity contribution in [3.8, 4) is 0 Å². The Bertz CT molecular complexity index is 1450. The third-order valence-electron chi connectivity index (χ3n) is 8.31. The molecule has 1 saturated carbocycles. The highest BCUT2D eigenvalue weighted by atomic mass is 19.4. The molecule has 0 unspecified atom stereocenters. The molecule has 0 radical (unpaired) electrons. The van der Waals surface area contributed by atoms with E-state index in [9.17, 15) is 32.5 Å². The molecular weight excluding hydrogens is 556 g/mol. The first kappa shape index (κ1) is 29.6. The molecule has 0 N–H and O–H groups in total. The number of piperazine rings is 1. The highest BCUT2D eigenvalue weighted by molar-refractivity contribution is 5.86. The number of carbonyl (C=O) groups excluding carboxylic acids is 1. The van der Waals surface area contributed by atoms with E-state index in [1.54, 1.807) is 22.9 Å². The van der Waals surface area contributed by atoms with E-state index in [1.807, 2.05) is 18.2 Å². The Morgan fingerprint density at radius 2 is 1.64 bits per heavy atom. The number of nitro groups is 1. The fourth-order valence-electron chi connectivity index (χ4n) is 5.83. The zero-order valence-corrected chi connectivity index (χ0v) is 23.1. The number of halogens is 4. The number of hydrogen-bond acceptors (Lipinski definition) is 6. The minimum absolute atomic E-state index is 0.0238. The van der Waals surface area contributed by atoms with Gasteiger partial charge in [0.2, 0.25) is 5.91 Å². The topological polar surface area (TPSA) is 79.2 Å². The summed E-state index contributed by atoms with van der Waals surface area (Å²) in [7, 11) is 1.69. The van der Waals surface area contributed by atoms with E-state index in [0.717, 1.165) is 28.6 Å². The second-order valence-electron chi connectivity index (χ2n) is 10.9. The number of nitro benzene ring substituents is 1. The van der Waals surface area contributed by atoms with Crippen molar-refractivity contribution in [1.82, 2.24) is 4.90 Å². The van der Waals surface area contributed by atoms with Crippen molar-refractivity contribution < 1.29 is 32.0 Å². The summed E-state index contributed by atoms with van der Waals surface area (Å²) < 4.78 is 59.6. The van der Waals surface area contributed by atoms with E-state index in [4.69, 9.17) is 4.74 Å². The van der Waals surface area contributed by atoms with Crippen molar-refractivity contribution in [1.29, 1.82) is 0 Å². The molecule has 5 rings (SSSR count). The average Bonchev–Trinajstić information content (AvgIpc) is 2.98. The smallest absolute Gasteiger partial charge is 0.372 e. The molecule has 224 valence electrons. The van der Waals surface area contributed by atoms with Gasteiger partial charge in [0.15, 0.2) is 0 Å². The van der Waals surface area contributed by atoms with Gasteiger partial charge in [0.05, 0.1) is 11.0 Å². The SMILES string of the molecule is CN(c1ccc([N+](=O)[O-])c(C(F)(F)F)c1)[C@H]1CC[C@H](OCC(=O)N2CCN(c3ccc4cc(F)ccc4c3)CC2)CC1. The van der Waals surface area contributed by atoms with Crippen LogP contribution in [-0.4, -0.2) is 67.7 Å². The van der Waals surface area contributed by atoms with Crippen LogP contribution in [0.4, 0.5) is 34.6 Å². The van der Waals surface area contributed by atoms with Gasteiger partial charge in [-0.05, 0) is 72.9 Å². The Labute approximate surface area is 240 Å². The molecule has 3 aromatic rings. The number of anilines is 2. The molecule has 8 nitrogen and oxygen atoms in total. The number of ether oxygens (including phenoxy) is 1. The fourth-order valence-corrected chi connectivity index (χ4v) is 5.83. The number of nitrogens with zero attached hydrogens (tertiary/aromatic N) is 4. The van der Waals surface area contributed by atoms with Crippen molar-refractivity contribution in [2.45, 2.75) is 44.0 Å². The summed E-state index contributed by atoms with van der Waals surface area (Å²) in [6, 6.07) is 13.6. The second kappa shape index (κ2) is 12.1. The third-order valence-corrected chi connectivity index (χ3v) is 8.31. The number of hydrogen-bond donors (Lipinski definition) is 0. The van der Waals surface area contributed by atoms with E-state index in [2.05, 4.69) is 4.90 Å². The van der Waals surface area contributed by atoms with Crippen LogP contribution in [-0.2, 0) is 15.7 Å². The van der Waals surface area contributed by atoms with E-state index in [0.29, 0.717) is 51.9 Å². The number of carbonyl (C=O) groups is 1. The number of rotatable bonds is 7. The molecule has 1 amide bonds. The summed E-state index contributed by atoms with van der Waals surface area (Å²) in [6.07, 6.45) is -2.33. The van der Waals surface area contributed by atoms with Crippen LogP contribution in [0.1, 0.15) is 31.2 Å². The highest BCUT2D eigenvalue weighted by Gasteiger charge is 2.39. The van der Waals surface area contributed by atoms with Crippen LogP contribution >= 0.6 is 0 Å². The fraction of sp³-hybridized carbons (Fsp3) is 0.433. The lowest BCUT2D eigenvalue weighted by Crippen LogP contribution is -2.50. The van der Waals surface area contributed by atoms with Crippen LogP contribution in [0, 0.1) is 15.9 Å². The van der Waals surface area contributed by atoms with Crippen LogP contribution < -0.4 is 9.80 Å². The molecule has 12 heteroatoms. The lowest BCUT2D eigenvalue weighted by molar-refractivity contribution is -0.388. The van der Waals surface area contributed by atoms with Gasteiger partial charge in [0, 0.05) is 56.7 Å². The molecule has 1 heterocycles. The summed E-state index contributed by atoms with van der Waals surface area (Å²) in [5.41, 5.74) is -0.928. The van der Waals surface area contributed by atoms with Crippen LogP contribution in [0.2, 0.25) is 0 Å². The van der Waals surface area contributed by atoms with Gasteiger partial charge in [-0.3, -0.25) is 14.9 Å². The lowest BCUT2D eigenvalue weighted by Gasteiger charge is -2.37. The van der Waals surface area contributed by atoms with Crippen LogP contribution in [0.15, 0.2) is 54.6 Å². The van der Waals surface area contributed by atoms with Crippen molar-refractivity contribution in [2.75, 3.05) is 49.6 Å². The van der Waals surface area contributed by atoms with Gasteiger partial charge in [0.1, 0.15) is 18.0 Å². The molecule has 3 aromatic carbocycles. The second-order valence-corrected chi connectivity index (χ2v) is 10.9. The largest absolute Gasteiger partial charge is 0.423 e. The van der Waals surface area contributed by atoms with Crippen molar-refractivity contribution >= 4 is 33.7 Å². The molecule has 0 bridgehead atoms. The number of amides is 1. The molecule has 2 aliphatic rings. The predicted octanol–water partition coefficient (Wildman–Crippen LogP) is 6.02. The lowest BCUT2D eigenvalue weighted by atomic mass is 9.91. The van der Waals surface area contributed by atoms with Gasteiger partial charge >= 0.3 is 6.18 Å². The van der Waals surface area contributed by atoms with Gasteiger partial charge in [0.25, 0.3) is 5.69 Å². The normalized spacial score (nSPS) is 19.6. The Morgan fingerprint density at radius 1 is 0.976 bits per heavy atom. The van der Waals surface area contributed by atoms with E-state index in [-0.39, 0.29) is 36.2 Å². The van der Waals surface area contributed by atoms with Gasteiger partial charge in [-0.25, -0.2) is 4.39 Å². The van der Waals surface area contributed by atoms with E-state index in [1.165, 1.54) is 18.2 Å². The maximum absolute atomic E-state index is 13.5. The molecule has 0 spiro atoms. The number of benzene rings is 3. The average molecular weight is 589 g/mol. The first-order valence-electron chi connectivity index (χ1n) is 13.9. The Morgan fingerprint density at radius 3 is 2.31 bits per heavy atom. The molecule has 2 fully saturated rings. The Kier molecular flexibility index (Phi) is 8.53. The van der Waals surface area contributed by atoms with Crippen LogP contribution in [0.25, 0.3) is 10.8 Å². The molecule has 1 aliphatic carbocycles. The van der Waals surface area contributed by atoms with Crippen LogP contribution in [0.5, 0.6) is 0 Å². The van der Waals surface area contributed by atoms with E-state index >= 15 is 0 Å². The first-order valence-corrected chi connectivity index (χ1v) is 13.9. The minimum Gasteiger partial charge on any atom is -0.372 e. The summed E-state index contributed by atoms with van der Waals surface area (Å²) >= 11 is 0. The number of fused-ring (bicyclic) bond motifs is 1. The quantitative estimate of drug-likeness (QED) is 0.191. The Hall–Kier alpha value is -3.93. The van der Waals surface area contributed by atoms with Gasteiger partial charge in [-0.2, -0.15) is 13.2 Å². The van der Waals surface area contributed by atoms with Crippen molar-refractivity contribution in [3.05, 3.63) is 76.1 Å².